The highest BCUT2D eigenvalue weighted by Crippen LogP contribution is 2.15. The molecule has 0 saturated carbocycles. The Hall–Kier alpha value is -0.860. The van der Waals surface area contributed by atoms with Crippen molar-refractivity contribution in [3.63, 3.8) is 0 Å². The minimum Gasteiger partial charge on any atom is -0.387 e. The Morgan fingerprint density at radius 3 is 2.16 bits per heavy atom. The first-order chi connectivity index (χ1) is 8.99. The Bertz CT molecular complexity index is 343. The topological polar surface area (TPSA) is 32.3 Å². The lowest BCUT2D eigenvalue weighted by Gasteiger charge is -2.14. The predicted molar refractivity (Wildman–Crippen MR) is 82.3 cm³/mol. The molecule has 108 valence electrons. The molecule has 0 spiro atoms. The first-order valence-electron chi connectivity index (χ1n) is 7.46. The van der Waals surface area contributed by atoms with Crippen LogP contribution in [0.1, 0.15) is 51.3 Å². The van der Waals surface area contributed by atoms with E-state index in [0.717, 1.165) is 24.9 Å². The van der Waals surface area contributed by atoms with E-state index in [4.69, 9.17) is 0 Å². The molecule has 0 amide bonds. The van der Waals surface area contributed by atoms with Gasteiger partial charge in [-0.2, -0.15) is 0 Å². The Kier molecular flexibility index (Phi) is 7.11. The molecule has 2 nitrogen and oxygen atoms in total. The number of aliphatic hydroxyl groups is 1. The fourth-order valence-electron chi connectivity index (χ4n) is 2.09. The fraction of sp³-hybridized carbons (Fsp3) is 0.647. The zero-order valence-corrected chi connectivity index (χ0v) is 12.8. The van der Waals surface area contributed by atoms with Gasteiger partial charge in [0.2, 0.25) is 0 Å². The third-order valence-electron chi connectivity index (χ3n) is 3.24. The Morgan fingerprint density at radius 2 is 1.63 bits per heavy atom. The van der Waals surface area contributed by atoms with Gasteiger partial charge in [-0.1, -0.05) is 52.0 Å². The van der Waals surface area contributed by atoms with E-state index in [2.05, 4.69) is 45.1 Å². The minimum absolute atomic E-state index is 0.403. The monoisotopic (exact) mass is 263 g/mol. The van der Waals surface area contributed by atoms with E-state index in [-0.39, 0.29) is 0 Å². The molecular weight excluding hydrogens is 234 g/mol. The van der Waals surface area contributed by atoms with E-state index in [9.17, 15) is 5.11 Å². The molecule has 1 rings (SSSR count). The van der Waals surface area contributed by atoms with Crippen molar-refractivity contribution in [1.82, 2.24) is 5.32 Å². The van der Waals surface area contributed by atoms with Crippen LogP contribution >= 0.6 is 0 Å². The first-order valence-corrected chi connectivity index (χ1v) is 7.46. The van der Waals surface area contributed by atoms with Gasteiger partial charge in [-0.05, 0) is 42.3 Å². The van der Waals surface area contributed by atoms with Crippen LogP contribution < -0.4 is 5.32 Å². The molecule has 0 radical (unpaired) electrons. The van der Waals surface area contributed by atoms with Gasteiger partial charge in [0, 0.05) is 6.54 Å². The highest BCUT2D eigenvalue weighted by molar-refractivity contribution is 5.24. The predicted octanol–water partition coefficient (Wildman–Crippen LogP) is 3.55. The molecule has 0 bridgehead atoms. The quantitative estimate of drug-likeness (QED) is 0.703. The summed E-state index contributed by atoms with van der Waals surface area (Å²) in [7, 11) is 0. The molecule has 1 atom stereocenters. The standard InChI is InChI=1S/C17H29NO/c1-13(2)9-10-18-12-17(19)16-7-5-15(6-8-16)11-14(3)4/h5-8,13-14,17-19H,9-12H2,1-4H3. The molecule has 0 aromatic heterocycles. The molecular formula is C17H29NO. The third kappa shape index (κ3) is 6.74. The van der Waals surface area contributed by atoms with Crippen molar-refractivity contribution in [2.75, 3.05) is 13.1 Å². The van der Waals surface area contributed by atoms with E-state index in [1.807, 2.05) is 12.1 Å². The summed E-state index contributed by atoms with van der Waals surface area (Å²) in [6.07, 6.45) is 1.85. The lowest BCUT2D eigenvalue weighted by molar-refractivity contribution is 0.174. The van der Waals surface area contributed by atoms with Crippen LogP contribution in [0.25, 0.3) is 0 Å². The molecule has 0 saturated heterocycles. The normalized spacial score (nSPS) is 13.2. The Balaban J connectivity index is 2.37. The summed E-state index contributed by atoms with van der Waals surface area (Å²) in [5.74, 6) is 1.38. The average molecular weight is 263 g/mol. The summed E-state index contributed by atoms with van der Waals surface area (Å²) in [6.45, 7) is 10.5. The highest BCUT2D eigenvalue weighted by Gasteiger charge is 2.07. The number of aliphatic hydroxyl groups excluding tert-OH is 1. The second-order valence-electron chi connectivity index (χ2n) is 6.24. The Labute approximate surface area is 118 Å². The van der Waals surface area contributed by atoms with Crippen molar-refractivity contribution < 1.29 is 5.11 Å². The van der Waals surface area contributed by atoms with Crippen LogP contribution in [0.3, 0.4) is 0 Å². The largest absolute Gasteiger partial charge is 0.387 e. The van der Waals surface area contributed by atoms with Gasteiger partial charge in [0.1, 0.15) is 0 Å². The van der Waals surface area contributed by atoms with E-state index in [1.54, 1.807) is 0 Å². The van der Waals surface area contributed by atoms with Gasteiger partial charge < -0.3 is 10.4 Å². The van der Waals surface area contributed by atoms with Crippen molar-refractivity contribution in [3.8, 4) is 0 Å². The summed E-state index contributed by atoms with van der Waals surface area (Å²) in [5, 5.41) is 13.4. The summed E-state index contributed by atoms with van der Waals surface area (Å²) in [5.41, 5.74) is 2.35. The van der Waals surface area contributed by atoms with E-state index in [0.29, 0.717) is 18.4 Å². The Morgan fingerprint density at radius 1 is 1.00 bits per heavy atom. The maximum absolute atomic E-state index is 10.1. The van der Waals surface area contributed by atoms with Gasteiger partial charge in [0.15, 0.2) is 0 Å². The smallest absolute Gasteiger partial charge is 0.0914 e. The van der Waals surface area contributed by atoms with Crippen LogP contribution in [-0.4, -0.2) is 18.2 Å². The summed E-state index contributed by atoms with van der Waals surface area (Å²) in [4.78, 5) is 0. The van der Waals surface area contributed by atoms with Gasteiger partial charge in [0.05, 0.1) is 6.10 Å². The lowest BCUT2D eigenvalue weighted by atomic mass is 10.0. The van der Waals surface area contributed by atoms with Crippen LogP contribution in [0, 0.1) is 11.8 Å². The van der Waals surface area contributed by atoms with Crippen LogP contribution in [0.4, 0.5) is 0 Å². The zero-order valence-electron chi connectivity index (χ0n) is 12.8. The summed E-state index contributed by atoms with van der Waals surface area (Å²) in [6, 6.07) is 8.36. The number of rotatable bonds is 8. The second kappa shape index (κ2) is 8.34. The molecule has 0 aliphatic carbocycles. The van der Waals surface area contributed by atoms with Gasteiger partial charge in [-0.15, -0.1) is 0 Å². The average Bonchev–Trinajstić information content (AvgIpc) is 2.34. The molecule has 0 fully saturated rings. The number of benzene rings is 1. The third-order valence-corrected chi connectivity index (χ3v) is 3.24. The SMILES string of the molecule is CC(C)CCNCC(O)c1ccc(CC(C)C)cc1. The van der Waals surface area contributed by atoms with Crippen molar-refractivity contribution in [1.29, 1.82) is 0 Å². The minimum atomic E-state index is -0.403. The maximum Gasteiger partial charge on any atom is 0.0914 e. The molecule has 1 aromatic rings. The van der Waals surface area contributed by atoms with Gasteiger partial charge >= 0.3 is 0 Å². The fourth-order valence-corrected chi connectivity index (χ4v) is 2.09. The molecule has 0 heterocycles. The van der Waals surface area contributed by atoms with Gasteiger partial charge in [-0.3, -0.25) is 0 Å². The van der Waals surface area contributed by atoms with Crippen molar-refractivity contribution in [3.05, 3.63) is 35.4 Å². The molecule has 2 heteroatoms. The van der Waals surface area contributed by atoms with Gasteiger partial charge in [0.25, 0.3) is 0 Å². The summed E-state index contributed by atoms with van der Waals surface area (Å²) >= 11 is 0. The molecule has 0 aliphatic heterocycles. The maximum atomic E-state index is 10.1. The van der Waals surface area contributed by atoms with Gasteiger partial charge in [-0.25, -0.2) is 0 Å². The van der Waals surface area contributed by atoms with Crippen molar-refractivity contribution in [2.45, 2.75) is 46.6 Å². The van der Waals surface area contributed by atoms with E-state index in [1.165, 1.54) is 5.56 Å². The van der Waals surface area contributed by atoms with E-state index < -0.39 is 6.10 Å². The van der Waals surface area contributed by atoms with Crippen LogP contribution in [0.5, 0.6) is 0 Å². The van der Waals surface area contributed by atoms with Crippen LogP contribution in [-0.2, 0) is 6.42 Å². The highest BCUT2D eigenvalue weighted by atomic mass is 16.3. The van der Waals surface area contributed by atoms with Crippen molar-refractivity contribution >= 4 is 0 Å². The van der Waals surface area contributed by atoms with Crippen molar-refractivity contribution in [2.24, 2.45) is 11.8 Å². The second-order valence-corrected chi connectivity index (χ2v) is 6.24. The number of hydrogen-bond acceptors (Lipinski definition) is 2. The molecule has 1 aromatic carbocycles. The molecule has 2 N–H and O–H groups in total. The van der Waals surface area contributed by atoms with Crippen LogP contribution in [0.2, 0.25) is 0 Å². The van der Waals surface area contributed by atoms with Crippen LogP contribution in [0.15, 0.2) is 24.3 Å². The summed E-state index contributed by atoms with van der Waals surface area (Å²) < 4.78 is 0. The lowest BCUT2D eigenvalue weighted by Crippen LogP contribution is -2.23. The number of hydrogen-bond donors (Lipinski definition) is 2. The van der Waals surface area contributed by atoms with E-state index >= 15 is 0 Å². The first kappa shape index (κ1) is 16.2. The molecule has 0 aliphatic rings. The molecule has 19 heavy (non-hydrogen) atoms. The molecule has 1 unspecified atom stereocenters. The number of nitrogens with one attached hydrogen (secondary N) is 1. The zero-order chi connectivity index (χ0) is 14.3.